The highest BCUT2D eigenvalue weighted by Crippen LogP contribution is 2.58. The molecule has 7 heteroatoms. The van der Waals surface area contributed by atoms with Crippen LogP contribution < -0.4 is 15.4 Å². The highest BCUT2D eigenvalue weighted by atomic mass is 35.5. The number of ether oxygens (including phenoxy) is 1. The predicted molar refractivity (Wildman–Crippen MR) is 149 cm³/mol. The predicted octanol–water partition coefficient (Wildman–Crippen LogP) is 6.78. The van der Waals surface area contributed by atoms with Crippen LogP contribution in [0.15, 0.2) is 97.1 Å². The van der Waals surface area contributed by atoms with Gasteiger partial charge in [-0.2, -0.15) is 0 Å². The summed E-state index contributed by atoms with van der Waals surface area (Å²) >= 11 is 12.6. The van der Waals surface area contributed by atoms with Crippen molar-refractivity contribution in [3.63, 3.8) is 0 Å². The number of amides is 1. The van der Waals surface area contributed by atoms with E-state index in [9.17, 15) is 9.59 Å². The average molecular weight is 543 g/mol. The van der Waals surface area contributed by atoms with Crippen molar-refractivity contribution in [2.75, 3.05) is 12.4 Å². The minimum absolute atomic E-state index is 0.175. The number of Topliss-reactive ketones (excluding diaryl/α,β-unsaturated/α-hetero) is 1. The summed E-state index contributed by atoms with van der Waals surface area (Å²) in [6.07, 6.45) is 0. The third kappa shape index (κ3) is 3.81. The molecule has 2 N–H and O–H groups in total. The van der Waals surface area contributed by atoms with E-state index in [-0.39, 0.29) is 17.7 Å². The number of anilines is 1. The van der Waals surface area contributed by atoms with Crippen LogP contribution in [-0.4, -0.2) is 18.8 Å². The van der Waals surface area contributed by atoms with Gasteiger partial charge < -0.3 is 10.1 Å². The molecule has 4 aromatic carbocycles. The summed E-state index contributed by atoms with van der Waals surface area (Å²) in [5.41, 5.74) is 2.18. The summed E-state index contributed by atoms with van der Waals surface area (Å²) in [6.45, 7) is 0. The smallest absolute Gasteiger partial charge is 0.250 e. The third-order valence-electron chi connectivity index (χ3n) is 7.65. The van der Waals surface area contributed by atoms with Gasteiger partial charge in [0.05, 0.1) is 13.0 Å². The molecule has 6 rings (SSSR count). The summed E-state index contributed by atoms with van der Waals surface area (Å²) in [5.74, 6) is -1.10. The van der Waals surface area contributed by atoms with Crippen LogP contribution in [0.3, 0.4) is 0 Å². The second-order valence-corrected chi connectivity index (χ2v) is 10.5. The summed E-state index contributed by atoms with van der Waals surface area (Å²) in [7, 11) is 1.61. The zero-order valence-corrected chi connectivity index (χ0v) is 22.0. The normalized spacial score (nSPS) is 23.8. The molecule has 1 saturated heterocycles. The Morgan fingerprint density at radius 2 is 1.55 bits per heavy atom. The summed E-state index contributed by atoms with van der Waals surface area (Å²) in [5, 5.41) is 7.68. The molecule has 190 valence electrons. The van der Waals surface area contributed by atoms with Gasteiger partial charge in [-0.05, 0) is 59.7 Å². The molecule has 0 saturated carbocycles. The summed E-state index contributed by atoms with van der Waals surface area (Å²) in [4.78, 5) is 28.6. The molecule has 4 aromatic rings. The molecule has 0 aliphatic carbocycles. The van der Waals surface area contributed by atoms with Crippen molar-refractivity contribution in [2.24, 2.45) is 5.92 Å². The van der Waals surface area contributed by atoms with E-state index in [0.29, 0.717) is 32.6 Å². The fourth-order valence-electron chi connectivity index (χ4n) is 6.04. The lowest BCUT2D eigenvalue weighted by molar-refractivity contribution is -0.122. The molecule has 1 spiro atoms. The number of halogens is 2. The lowest BCUT2D eigenvalue weighted by atomic mass is 9.69. The van der Waals surface area contributed by atoms with E-state index in [1.54, 1.807) is 49.6 Å². The Kier molecular flexibility index (Phi) is 6.23. The Morgan fingerprint density at radius 3 is 2.29 bits per heavy atom. The third-order valence-corrected chi connectivity index (χ3v) is 8.14. The number of para-hydroxylation sites is 1. The average Bonchev–Trinajstić information content (AvgIpc) is 3.44. The van der Waals surface area contributed by atoms with Crippen LogP contribution in [0.2, 0.25) is 10.0 Å². The van der Waals surface area contributed by atoms with Gasteiger partial charge >= 0.3 is 0 Å². The number of ketones is 1. The van der Waals surface area contributed by atoms with Gasteiger partial charge in [0.25, 0.3) is 0 Å². The van der Waals surface area contributed by atoms with Gasteiger partial charge in [-0.1, -0.05) is 71.7 Å². The zero-order valence-electron chi connectivity index (χ0n) is 20.5. The van der Waals surface area contributed by atoms with E-state index in [2.05, 4.69) is 10.6 Å². The van der Waals surface area contributed by atoms with Crippen LogP contribution in [0.1, 0.15) is 39.0 Å². The van der Waals surface area contributed by atoms with Gasteiger partial charge in [0, 0.05) is 38.8 Å². The van der Waals surface area contributed by atoms with Crippen molar-refractivity contribution < 1.29 is 14.3 Å². The van der Waals surface area contributed by atoms with E-state index < -0.39 is 17.4 Å². The van der Waals surface area contributed by atoms with Crippen molar-refractivity contribution in [1.82, 2.24) is 5.32 Å². The molecule has 2 aliphatic rings. The van der Waals surface area contributed by atoms with Crippen LogP contribution in [0, 0.1) is 5.92 Å². The van der Waals surface area contributed by atoms with Crippen LogP contribution >= 0.6 is 23.2 Å². The number of hydrogen-bond acceptors (Lipinski definition) is 4. The van der Waals surface area contributed by atoms with Gasteiger partial charge in [-0.3, -0.25) is 14.9 Å². The van der Waals surface area contributed by atoms with Crippen LogP contribution in [-0.2, 0) is 10.3 Å². The van der Waals surface area contributed by atoms with Crippen LogP contribution in [0.4, 0.5) is 5.69 Å². The first-order valence-corrected chi connectivity index (χ1v) is 13.1. The van der Waals surface area contributed by atoms with E-state index in [1.165, 1.54) is 0 Å². The summed E-state index contributed by atoms with van der Waals surface area (Å²) < 4.78 is 5.78. The van der Waals surface area contributed by atoms with Crippen LogP contribution in [0.5, 0.6) is 5.75 Å². The first-order valence-electron chi connectivity index (χ1n) is 12.3. The van der Waals surface area contributed by atoms with E-state index in [4.69, 9.17) is 27.9 Å². The van der Waals surface area contributed by atoms with Crippen molar-refractivity contribution in [3.8, 4) is 5.75 Å². The maximum Gasteiger partial charge on any atom is 0.250 e. The topological polar surface area (TPSA) is 67.4 Å². The number of nitrogens with one attached hydrogen (secondary N) is 2. The maximum atomic E-state index is 14.6. The van der Waals surface area contributed by atoms with Crippen molar-refractivity contribution >= 4 is 40.6 Å². The lowest BCUT2D eigenvalue weighted by Gasteiger charge is -2.31. The molecule has 4 atom stereocenters. The minimum Gasteiger partial charge on any atom is -0.496 e. The van der Waals surface area contributed by atoms with Gasteiger partial charge in [0.1, 0.15) is 11.3 Å². The molecule has 2 aliphatic heterocycles. The maximum absolute atomic E-state index is 14.6. The molecular formula is C31H24Cl2N2O3. The van der Waals surface area contributed by atoms with Gasteiger partial charge in [-0.25, -0.2) is 0 Å². The van der Waals surface area contributed by atoms with E-state index in [1.807, 2.05) is 54.6 Å². The number of benzene rings is 4. The molecule has 1 amide bonds. The Bertz CT molecular complexity index is 1540. The van der Waals surface area contributed by atoms with Crippen molar-refractivity contribution in [2.45, 2.75) is 17.5 Å². The highest BCUT2D eigenvalue weighted by Gasteiger charge is 2.65. The second kappa shape index (κ2) is 9.59. The zero-order chi connectivity index (χ0) is 26.4. The SMILES string of the molecule is COc1ccccc1[C@H]1C(C(=O)c2ccc(Cl)cc2)C2(N[C@@H]1c1ccccc1)C(=O)Nc1ccc(Cl)cc12. The van der Waals surface area contributed by atoms with E-state index >= 15 is 0 Å². The van der Waals surface area contributed by atoms with Gasteiger partial charge in [0.15, 0.2) is 5.78 Å². The first-order chi connectivity index (χ1) is 18.4. The fourth-order valence-corrected chi connectivity index (χ4v) is 6.34. The number of hydrogen-bond donors (Lipinski definition) is 2. The first kappa shape index (κ1) is 24.7. The van der Waals surface area contributed by atoms with E-state index in [0.717, 1.165) is 11.1 Å². The lowest BCUT2D eigenvalue weighted by Crippen LogP contribution is -2.50. The monoisotopic (exact) mass is 542 g/mol. The molecule has 2 heterocycles. The van der Waals surface area contributed by atoms with Gasteiger partial charge in [-0.15, -0.1) is 0 Å². The van der Waals surface area contributed by atoms with Gasteiger partial charge in [0.2, 0.25) is 5.91 Å². The number of rotatable bonds is 5. The standard InChI is InChI=1S/C31H24Cl2N2O3/c1-38-25-10-6-5-9-22(25)26-27(29(36)19-11-13-20(32)14-12-19)31(35-28(26)18-7-3-2-4-8-18)23-17-21(33)15-16-24(23)34-30(31)37/h2-17,26-28,35H,1H3,(H,34,37)/t26-,27?,28+,31?/m0/s1. The highest BCUT2D eigenvalue weighted by molar-refractivity contribution is 6.31. The molecule has 5 nitrogen and oxygen atoms in total. The number of fused-ring (bicyclic) bond motifs is 2. The van der Waals surface area contributed by atoms with Crippen LogP contribution in [0.25, 0.3) is 0 Å². The minimum atomic E-state index is -1.37. The number of methoxy groups -OCH3 is 1. The fraction of sp³-hybridized carbons (Fsp3) is 0.161. The second-order valence-electron chi connectivity index (χ2n) is 9.60. The van der Waals surface area contributed by atoms with Crippen molar-refractivity contribution in [3.05, 3.63) is 129 Å². The molecule has 1 fully saturated rings. The molecule has 2 unspecified atom stereocenters. The Hall–Kier alpha value is -3.64. The number of carbonyl (C=O) groups is 2. The number of carbonyl (C=O) groups excluding carboxylic acids is 2. The Labute approximate surface area is 230 Å². The molecule has 0 radical (unpaired) electrons. The molecular weight excluding hydrogens is 519 g/mol. The Balaban J connectivity index is 1.65. The molecule has 38 heavy (non-hydrogen) atoms. The molecule has 0 bridgehead atoms. The summed E-state index contributed by atoms with van der Waals surface area (Å²) in [6, 6.07) is 29.2. The van der Waals surface area contributed by atoms with Crippen molar-refractivity contribution in [1.29, 1.82) is 0 Å². The molecule has 0 aromatic heterocycles. The Morgan fingerprint density at radius 1 is 0.868 bits per heavy atom. The quantitative estimate of drug-likeness (QED) is 0.273. The largest absolute Gasteiger partial charge is 0.496 e.